The predicted octanol–water partition coefficient (Wildman–Crippen LogP) is 3.16. The lowest BCUT2D eigenvalue weighted by molar-refractivity contribution is -0.274. The van der Waals surface area contributed by atoms with E-state index in [9.17, 15) is 26.7 Å². The number of amides is 1. The van der Waals surface area contributed by atoms with E-state index in [4.69, 9.17) is 5.73 Å². The lowest BCUT2D eigenvalue weighted by atomic mass is 10.1. The third-order valence-corrected chi connectivity index (χ3v) is 3.65. The maximum Gasteiger partial charge on any atom is 0.573 e. The van der Waals surface area contributed by atoms with Crippen molar-refractivity contribution in [2.45, 2.75) is 12.9 Å². The zero-order valence-corrected chi connectivity index (χ0v) is 14.4. The van der Waals surface area contributed by atoms with Gasteiger partial charge in [0.05, 0.1) is 24.0 Å². The number of carbonyl (C=O) groups is 1. The van der Waals surface area contributed by atoms with E-state index in [0.29, 0.717) is 17.4 Å². The molecule has 0 saturated heterocycles. The number of benzene rings is 2. The molecule has 0 fully saturated rings. The van der Waals surface area contributed by atoms with E-state index in [2.05, 4.69) is 20.4 Å². The largest absolute Gasteiger partial charge is 0.573 e. The molecule has 0 aliphatic rings. The van der Waals surface area contributed by atoms with Crippen molar-refractivity contribution in [1.82, 2.24) is 15.0 Å². The van der Waals surface area contributed by atoms with E-state index in [-0.39, 0.29) is 23.5 Å². The maximum absolute atomic E-state index is 13.5. The molecule has 0 bridgehead atoms. The summed E-state index contributed by atoms with van der Waals surface area (Å²) in [7, 11) is 0. The fraction of sp³-hybridized carbons (Fsp3) is 0.118. The first-order valence-corrected chi connectivity index (χ1v) is 7.92. The molecule has 0 radical (unpaired) electrons. The van der Waals surface area contributed by atoms with E-state index in [1.165, 1.54) is 18.3 Å². The number of hydrogen-bond donors (Lipinski definition) is 2. The Morgan fingerprint density at radius 3 is 2.41 bits per heavy atom. The number of hydrogen-bond acceptors (Lipinski definition) is 5. The topological polar surface area (TPSA) is 95.1 Å². The minimum absolute atomic E-state index is 0.0937. The molecule has 2 aromatic carbocycles. The van der Waals surface area contributed by atoms with Crippen molar-refractivity contribution in [1.29, 1.82) is 0 Å². The zero-order valence-electron chi connectivity index (χ0n) is 14.4. The van der Waals surface area contributed by atoms with Crippen LogP contribution in [-0.4, -0.2) is 27.3 Å². The van der Waals surface area contributed by atoms with Crippen LogP contribution in [0.15, 0.2) is 42.6 Å². The number of ether oxygens (including phenoxy) is 1. The van der Waals surface area contributed by atoms with Gasteiger partial charge in [-0.05, 0) is 30.3 Å². The fourth-order valence-electron chi connectivity index (χ4n) is 2.39. The smallest absolute Gasteiger partial charge is 0.406 e. The van der Waals surface area contributed by atoms with Crippen molar-refractivity contribution < 1.29 is 31.5 Å². The van der Waals surface area contributed by atoms with Crippen LogP contribution in [0.5, 0.6) is 5.75 Å². The van der Waals surface area contributed by atoms with Crippen LogP contribution < -0.4 is 15.8 Å². The average molecular weight is 413 g/mol. The summed E-state index contributed by atoms with van der Waals surface area (Å²) in [4.78, 5) is 11.5. The number of nitrogens with one attached hydrogen (secondary N) is 1. The third-order valence-electron chi connectivity index (χ3n) is 3.65. The van der Waals surface area contributed by atoms with Gasteiger partial charge in [-0.1, -0.05) is 5.21 Å². The van der Waals surface area contributed by atoms with E-state index < -0.39 is 23.9 Å². The van der Waals surface area contributed by atoms with Crippen LogP contribution >= 0.6 is 0 Å². The van der Waals surface area contributed by atoms with Gasteiger partial charge in [0.15, 0.2) is 11.6 Å². The summed E-state index contributed by atoms with van der Waals surface area (Å²) >= 11 is 0. The van der Waals surface area contributed by atoms with Gasteiger partial charge in [0.2, 0.25) is 0 Å². The minimum atomic E-state index is -4.78. The molecular weight excluding hydrogens is 401 g/mol. The highest BCUT2D eigenvalue weighted by Crippen LogP contribution is 2.24. The molecule has 1 amide bonds. The molecule has 0 atom stereocenters. The van der Waals surface area contributed by atoms with Gasteiger partial charge in [-0.2, -0.15) is 0 Å². The molecule has 0 aliphatic heterocycles. The average Bonchev–Trinajstić information content (AvgIpc) is 3.10. The highest BCUT2D eigenvalue weighted by molar-refractivity contribution is 5.96. The van der Waals surface area contributed by atoms with Gasteiger partial charge in [0.1, 0.15) is 11.4 Å². The van der Waals surface area contributed by atoms with Crippen LogP contribution in [0.4, 0.5) is 27.6 Å². The van der Waals surface area contributed by atoms with E-state index in [1.807, 2.05) is 0 Å². The van der Waals surface area contributed by atoms with Crippen molar-refractivity contribution in [2.24, 2.45) is 5.73 Å². The van der Waals surface area contributed by atoms with E-state index >= 15 is 0 Å². The van der Waals surface area contributed by atoms with Gasteiger partial charge in [0, 0.05) is 11.8 Å². The number of anilines is 1. The number of primary amides is 1. The molecule has 3 N–H and O–H groups in total. The lowest BCUT2D eigenvalue weighted by Gasteiger charge is -2.09. The Morgan fingerprint density at radius 2 is 1.79 bits per heavy atom. The number of nitrogens with two attached hydrogens (primary N) is 1. The third kappa shape index (κ3) is 4.97. The Hall–Kier alpha value is -3.70. The molecular formula is C17H12F5N5O2. The van der Waals surface area contributed by atoms with Crippen LogP contribution in [-0.2, 0) is 6.54 Å². The molecule has 3 rings (SSSR count). The lowest BCUT2D eigenvalue weighted by Crippen LogP contribution is -2.17. The molecule has 0 aliphatic carbocycles. The van der Waals surface area contributed by atoms with Crippen LogP contribution in [0.25, 0.3) is 5.69 Å². The molecule has 29 heavy (non-hydrogen) atoms. The first-order chi connectivity index (χ1) is 13.6. The number of nitrogens with zero attached hydrogens (tertiary/aromatic N) is 3. The van der Waals surface area contributed by atoms with Crippen LogP contribution in [0.2, 0.25) is 0 Å². The Kier molecular flexibility index (Phi) is 5.35. The normalized spacial score (nSPS) is 11.3. The number of aromatic nitrogens is 3. The monoisotopic (exact) mass is 413 g/mol. The van der Waals surface area contributed by atoms with Gasteiger partial charge in [-0.25, -0.2) is 13.5 Å². The van der Waals surface area contributed by atoms with Gasteiger partial charge >= 0.3 is 6.36 Å². The van der Waals surface area contributed by atoms with Crippen LogP contribution in [0.3, 0.4) is 0 Å². The molecule has 7 nitrogen and oxygen atoms in total. The summed E-state index contributed by atoms with van der Waals surface area (Å²) in [6.07, 6.45) is -3.43. The molecule has 3 aromatic rings. The van der Waals surface area contributed by atoms with Crippen LogP contribution in [0.1, 0.15) is 16.1 Å². The number of rotatable bonds is 6. The van der Waals surface area contributed by atoms with Gasteiger partial charge < -0.3 is 15.8 Å². The Labute approximate surface area is 159 Å². The summed E-state index contributed by atoms with van der Waals surface area (Å²) in [5.41, 5.74) is 5.62. The molecule has 0 unspecified atom stereocenters. The Morgan fingerprint density at radius 1 is 1.14 bits per heavy atom. The Balaban J connectivity index is 1.72. The second-order valence-electron chi connectivity index (χ2n) is 5.73. The van der Waals surface area contributed by atoms with Gasteiger partial charge in [-0.3, -0.25) is 4.79 Å². The van der Waals surface area contributed by atoms with Crippen molar-refractivity contribution in [2.75, 3.05) is 5.32 Å². The second kappa shape index (κ2) is 7.73. The zero-order chi connectivity index (χ0) is 21.2. The minimum Gasteiger partial charge on any atom is -0.406 e. The van der Waals surface area contributed by atoms with Crippen molar-refractivity contribution >= 4 is 11.6 Å². The summed E-state index contributed by atoms with van der Waals surface area (Å²) in [6.45, 7) is 0.106. The summed E-state index contributed by atoms with van der Waals surface area (Å²) in [5.74, 6) is -3.77. The van der Waals surface area contributed by atoms with Crippen molar-refractivity contribution in [3.63, 3.8) is 0 Å². The summed E-state index contributed by atoms with van der Waals surface area (Å²) in [5, 5.41) is 10.5. The molecule has 152 valence electrons. The highest BCUT2D eigenvalue weighted by Gasteiger charge is 2.30. The molecule has 1 aromatic heterocycles. The number of halogens is 5. The van der Waals surface area contributed by atoms with E-state index in [1.54, 1.807) is 0 Å². The molecule has 1 heterocycles. The van der Waals surface area contributed by atoms with E-state index in [0.717, 1.165) is 22.9 Å². The second-order valence-corrected chi connectivity index (χ2v) is 5.73. The molecule has 0 saturated carbocycles. The van der Waals surface area contributed by atoms with Gasteiger partial charge in [0.25, 0.3) is 5.91 Å². The van der Waals surface area contributed by atoms with Crippen molar-refractivity contribution in [3.05, 3.63) is 65.5 Å². The highest BCUT2D eigenvalue weighted by atomic mass is 19.4. The van der Waals surface area contributed by atoms with Crippen molar-refractivity contribution in [3.8, 4) is 11.4 Å². The SMILES string of the molecule is NC(=O)c1cc(F)c(F)cc1-n1cc(CNc2ccc(OC(F)(F)F)cc2)nn1. The van der Waals surface area contributed by atoms with Gasteiger partial charge in [-0.15, -0.1) is 18.3 Å². The molecule has 12 heteroatoms. The summed E-state index contributed by atoms with van der Waals surface area (Å²) in [6, 6.07) is 6.43. The quantitative estimate of drug-likeness (QED) is 0.606. The number of carbonyl (C=O) groups excluding carboxylic acids is 1. The van der Waals surface area contributed by atoms with Crippen LogP contribution in [0, 0.1) is 11.6 Å². The Bertz CT molecular complexity index is 1030. The first-order valence-electron chi connectivity index (χ1n) is 7.92. The standard InChI is InChI=1S/C17H12F5N5O2/c18-13-5-12(16(23)28)15(6-14(13)19)27-8-10(25-26-27)7-24-9-1-3-11(4-2-9)29-17(20,21)22/h1-6,8,24H,7H2,(H2,23,28). The maximum atomic E-state index is 13.5. The number of alkyl halides is 3. The first kappa shape index (κ1) is 20.0. The predicted molar refractivity (Wildman–Crippen MR) is 90.2 cm³/mol. The molecule has 0 spiro atoms. The fourth-order valence-corrected chi connectivity index (χ4v) is 2.39. The summed E-state index contributed by atoms with van der Waals surface area (Å²) < 4.78 is 68.2.